The number of likely N-dealkylation sites (N-methyl/N-ethyl adjacent to an activating group) is 1. The van der Waals surface area contributed by atoms with Crippen molar-refractivity contribution in [2.24, 2.45) is 0 Å². The van der Waals surface area contributed by atoms with Crippen molar-refractivity contribution in [3.63, 3.8) is 0 Å². The third-order valence-corrected chi connectivity index (χ3v) is 2.84. The first-order valence-corrected chi connectivity index (χ1v) is 4.89. The van der Waals surface area contributed by atoms with Crippen LogP contribution in [-0.2, 0) is 4.79 Å². The number of nitrogen functional groups attached to an aromatic ring is 1. The molecule has 4 heteroatoms. The normalized spacial score (nSPS) is 26.0. The smallest absolute Gasteiger partial charge is 0.225 e. The predicted octanol–water partition coefficient (Wildman–Crippen LogP) is 0.533. The molecule has 1 aliphatic heterocycles. The standard InChI is InChI=1S/C11H14N2O2/c1-13-10(15)6-9(14)11(13)7-2-4-8(12)5-3-7/h2-5,9,11,14H,6,12H2,1H3. The van der Waals surface area contributed by atoms with Crippen molar-refractivity contribution in [1.82, 2.24) is 4.90 Å². The molecule has 3 N–H and O–H groups in total. The van der Waals surface area contributed by atoms with Crippen LogP contribution >= 0.6 is 0 Å². The molecule has 0 saturated carbocycles. The molecule has 1 aromatic carbocycles. The molecular formula is C11H14N2O2. The first-order chi connectivity index (χ1) is 7.09. The number of anilines is 1. The Balaban J connectivity index is 2.30. The highest BCUT2D eigenvalue weighted by molar-refractivity contribution is 5.79. The van der Waals surface area contributed by atoms with Gasteiger partial charge < -0.3 is 15.7 Å². The molecule has 15 heavy (non-hydrogen) atoms. The van der Waals surface area contributed by atoms with Gasteiger partial charge in [0.15, 0.2) is 0 Å². The molecule has 80 valence electrons. The van der Waals surface area contributed by atoms with E-state index in [0.717, 1.165) is 5.56 Å². The van der Waals surface area contributed by atoms with E-state index in [1.165, 1.54) is 0 Å². The number of rotatable bonds is 1. The molecule has 2 rings (SSSR count). The van der Waals surface area contributed by atoms with Crippen molar-refractivity contribution < 1.29 is 9.90 Å². The van der Waals surface area contributed by atoms with Crippen molar-refractivity contribution in [1.29, 1.82) is 0 Å². The Labute approximate surface area is 88.3 Å². The van der Waals surface area contributed by atoms with E-state index in [2.05, 4.69) is 0 Å². The molecule has 2 unspecified atom stereocenters. The van der Waals surface area contributed by atoms with Crippen LogP contribution in [0.1, 0.15) is 18.0 Å². The van der Waals surface area contributed by atoms with Gasteiger partial charge in [-0.1, -0.05) is 12.1 Å². The predicted molar refractivity (Wildman–Crippen MR) is 57.0 cm³/mol. The number of likely N-dealkylation sites (tertiary alicyclic amines) is 1. The van der Waals surface area contributed by atoms with E-state index >= 15 is 0 Å². The largest absolute Gasteiger partial charge is 0.399 e. The lowest BCUT2D eigenvalue weighted by molar-refractivity contribution is -0.127. The van der Waals surface area contributed by atoms with Crippen molar-refractivity contribution >= 4 is 11.6 Å². The minimum atomic E-state index is -0.619. The van der Waals surface area contributed by atoms with E-state index in [9.17, 15) is 9.90 Å². The van der Waals surface area contributed by atoms with Crippen LogP contribution in [0, 0.1) is 0 Å². The molecule has 0 aliphatic carbocycles. The summed E-state index contributed by atoms with van der Waals surface area (Å²) in [5, 5.41) is 9.76. The summed E-state index contributed by atoms with van der Waals surface area (Å²) in [6.45, 7) is 0. The van der Waals surface area contributed by atoms with Gasteiger partial charge in [-0.15, -0.1) is 0 Å². The van der Waals surface area contributed by atoms with Gasteiger partial charge in [-0.2, -0.15) is 0 Å². The number of carbonyl (C=O) groups is 1. The van der Waals surface area contributed by atoms with Crippen LogP contribution in [0.3, 0.4) is 0 Å². The van der Waals surface area contributed by atoms with E-state index in [1.54, 1.807) is 24.1 Å². The Morgan fingerprint density at radius 1 is 1.40 bits per heavy atom. The Hall–Kier alpha value is -1.55. The van der Waals surface area contributed by atoms with Crippen molar-refractivity contribution in [3.05, 3.63) is 29.8 Å². The summed E-state index contributed by atoms with van der Waals surface area (Å²) in [6, 6.07) is 7.01. The second kappa shape index (κ2) is 3.55. The minimum Gasteiger partial charge on any atom is -0.399 e. The molecule has 1 aromatic rings. The molecule has 1 fully saturated rings. The summed E-state index contributed by atoms with van der Waals surface area (Å²) in [4.78, 5) is 13.0. The number of aliphatic hydroxyl groups is 1. The van der Waals surface area contributed by atoms with Gasteiger partial charge in [-0.3, -0.25) is 4.79 Å². The van der Waals surface area contributed by atoms with Crippen LogP contribution in [0.4, 0.5) is 5.69 Å². The van der Waals surface area contributed by atoms with Gasteiger partial charge in [0.25, 0.3) is 0 Å². The van der Waals surface area contributed by atoms with Crippen LogP contribution in [0.15, 0.2) is 24.3 Å². The minimum absolute atomic E-state index is 0.0238. The number of benzene rings is 1. The molecule has 1 heterocycles. The van der Waals surface area contributed by atoms with Crippen molar-refractivity contribution in [3.8, 4) is 0 Å². The van der Waals surface area contributed by atoms with E-state index in [0.29, 0.717) is 5.69 Å². The maximum Gasteiger partial charge on any atom is 0.225 e. The van der Waals surface area contributed by atoms with Gasteiger partial charge in [0.05, 0.1) is 18.6 Å². The highest BCUT2D eigenvalue weighted by atomic mass is 16.3. The summed E-state index contributed by atoms with van der Waals surface area (Å²) in [6.07, 6.45) is -0.419. The topological polar surface area (TPSA) is 66.6 Å². The van der Waals surface area contributed by atoms with E-state index in [1.807, 2.05) is 12.1 Å². The second-order valence-corrected chi connectivity index (χ2v) is 3.89. The van der Waals surface area contributed by atoms with Crippen molar-refractivity contribution in [2.45, 2.75) is 18.6 Å². The monoisotopic (exact) mass is 206 g/mol. The zero-order chi connectivity index (χ0) is 11.0. The fourth-order valence-corrected chi connectivity index (χ4v) is 1.99. The lowest BCUT2D eigenvalue weighted by atomic mass is 10.0. The van der Waals surface area contributed by atoms with E-state index in [4.69, 9.17) is 5.73 Å². The van der Waals surface area contributed by atoms with Crippen LogP contribution in [0.2, 0.25) is 0 Å². The molecule has 2 atom stereocenters. The third-order valence-electron chi connectivity index (χ3n) is 2.84. The number of amides is 1. The van der Waals surface area contributed by atoms with Crippen LogP contribution in [0.5, 0.6) is 0 Å². The van der Waals surface area contributed by atoms with Gasteiger partial charge in [0.2, 0.25) is 5.91 Å². The Morgan fingerprint density at radius 2 is 2.00 bits per heavy atom. The first kappa shape index (κ1) is 9.98. The molecule has 1 amide bonds. The molecule has 0 aromatic heterocycles. The average Bonchev–Trinajstić information content (AvgIpc) is 2.44. The molecule has 0 bridgehead atoms. The molecule has 0 spiro atoms. The van der Waals surface area contributed by atoms with Crippen LogP contribution < -0.4 is 5.73 Å². The van der Waals surface area contributed by atoms with Gasteiger partial charge in [-0.25, -0.2) is 0 Å². The van der Waals surface area contributed by atoms with Gasteiger partial charge in [0, 0.05) is 12.7 Å². The number of nitrogens with zero attached hydrogens (tertiary/aromatic N) is 1. The number of aliphatic hydroxyl groups excluding tert-OH is 1. The number of carbonyl (C=O) groups excluding carboxylic acids is 1. The van der Waals surface area contributed by atoms with Crippen LogP contribution in [-0.4, -0.2) is 29.1 Å². The SMILES string of the molecule is CN1C(=O)CC(O)C1c1ccc(N)cc1. The zero-order valence-corrected chi connectivity index (χ0v) is 8.55. The summed E-state index contributed by atoms with van der Waals surface area (Å²) in [5.74, 6) is -0.0238. The maximum absolute atomic E-state index is 11.4. The van der Waals surface area contributed by atoms with Gasteiger partial charge in [-0.05, 0) is 17.7 Å². The Morgan fingerprint density at radius 3 is 2.47 bits per heavy atom. The molecule has 4 nitrogen and oxygen atoms in total. The number of nitrogens with two attached hydrogens (primary N) is 1. The fraction of sp³-hybridized carbons (Fsp3) is 0.364. The fourth-order valence-electron chi connectivity index (χ4n) is 1.99. The maximum atomic E-state index is 11.4. The highest BCUT2D eigenvalue weighted by Gasteiger charge is 2.36. The summed E-state index contributed by atoms with van der Waals surface area (Å²) >= 11 is 0. The molecule has 1 saturated heterocycles. The summed E-state index contributed by atoms with van der Waals surface area (Å²) in [7, 11) is 1.71. The summed E-state index contributed by atoms with van der Waals surface area (Å²) in [5.41, 5.74) is 7.18. The molecule has 0 radical (unpaired) electrons. The number of hydrogen-bond donors (Lipinski definition) is 2. The average molecular weight is 206 g/mol. The Kier molecular flexibility index (Phi) is 2.36. The first-order valence-electron chi connectivity index (χ1n) is 4.89. The summed E-state index contributed by atoms with van der Waals surface area (Å²) < 4.78 is 0. The van der Waals surface area contributed by atoms with Gasteiger partial charge >= 0.3 is 0 Å². The van der Waals surface area contributed by atoms with E-state index < -0.39 is 6.10 Å². The molecular weight excluding hydrogens is 192 g/mol. The Bertz CT molecular complexity index is 375. The zero-order valence-electron chi connectivity index (χ0n) is 8.55. The lowest BCUT2D eigenvalue weighted by Gasteiger charge is -2.22. The second-order valence-electron chi connectivity index (χ2n) is 3.89. The van der Waals surface area contributed by atoms with E-state index in [-0.39, 0.29) is 18.4 Å². The van der Waals surface area contributed by atoms with Crippen LogP contribution in [0.25, 0.3) is 0 Å². The quantitative estimate of drug-likeness (QED) is 0.659. The number of hydrogen-bond acceptors (Lipinski definition) is 3. The molecule has 1 aliphatic rings. The van der Waals surface area contributed by atoms with Crippen molar-refractivity contribution in [2.75, 3.05) is 12.8 Å². The third kappa shape index (κ3) is 1.68. The highest BCUT2D eigenvalue weighted by Crippen LogP contribution is 2.31. The lowest BCUT2D eigenvalue weighted by Crippen LogP contribution is -2.25. The van der Waals surface area contributed by atoms with Gasteiger partial charge in [0.1, 0.15) is 0 Å².